The summed E-state index contributed by atoms with van der Waals surface area (Å²) in [5.41, 5.74) is 11.1. The highest BCUT2D eigenvalue weighted by Crippen LogP contribution is 2.20. The Morgan fingerprint density at radius 3 is 1.52 bits per heavy atom. The second-order valence-corrected chi connectivity index (χ2v) is 7.35. The lowest BCUT2D eigenvalue weighted by Gasteiger charge is -2.24. The molecule has 130 valence electrons. The summed E-state index contributed by atoms with van der Waals surface area (Å²) in [4.78, 5) is 0. The van der Waals surface area contributed by atoms with Crippen molar-refractivity contribution in [1.29, 1.82) is 0 Å². The molecule has 0 spiro atoms. The third-order valence-electron chi connectivity index (χ3n) is 5.37. The van der Waals surface area contributed by atoms with Crippen molar-refractivity contribution in [1.82, 2.24) is 0 Å². The minimum Gasteiger partial charge on any atom is -0.0955 e. The Bertz CT molecular complexity index is 1000. The zero-order valence-corrected chi connectivity index (χ0v) is 16.0. The van der Waals surface area contributed by atoms with Gasteiger partial charge < -0.3 is 0 Å². The van der Waals surface area contributed by atoms with Crippen molar-refractivity contribution in [3.63, 3.8) is 0 Å². The maximum absolute atomic E-state index is 4.27. The topological polar surface area (TPSA) is 0 Å². The minimum atomic E-state index is 0.145. The molecule has 1 aliphatic rings. The third-order valence-corrected chi connectivity index (χ3v) is 5.37. The van der Waals surface area contributed by atoms with Crippen molar-refractivity contribution in [2.75, 3.05) is 0 Å². The van der Waals surface area contributed by atoms with E-state index >= 15 is 0 Å². The quantitative estimate of drug-likeness (QED) is 0.470. The second kappa shape index (κ2) is 6.93. The summed E-state index contributed by atoms with van der Waals surface area (Å²) in [7, 11) is 0. The molecule has 1 heteroatoms. The lowest BCUT2D eigenvalue weighted by Crippen LogP contribution is -2.55. The predicted octanol–water partition coefficient (Wildman–Crippen LogP) is 4.75. The van der Waals surface area contributed by atoms with Crippen LogP contribution in [0.4, 0.5) is 0 Å². The number of allylic oxidation sites excluding steroid dienone is 2. The molecule has 0 fully saturated rings. The second-order valence-electron chi connectivity index (χ2n) is 7.35. The molecule has 1 heterocycles. The van der Waals surface area contributed by atoms with Crippen LogP contribution in [0.3, 0.4) is 0 Å². The van der Waals surface area contributed by atoms with Gasteiger partial charge in [-0.25, -0.2) is 0 Å². The van der Waals surface area contributed by atoms with Gasteiger partial charge in [-0.3, -0.25) is 0 Å². The number of benzene rings is 3. The van der Waals surface area contributed by atoms with Crippen LogP contribution < -0.4 is 16.4 Å². The fourth-order valence-electron chi connectivity index (χ4n) is 4.13. The maximum atomic E-state index is 4.27. The Hall–Kier alpha value is -3.06. The summed E-state index contributed by atoms with van der Waals surface area (Å²) in [5, 5.41) is 0. The lowest BCUT2D eigenvalue weighted by atomic mass is 9.34. The molecule has 0 N–H and O–H groups in total. The normalized spacial score (nSPS) is 12.1. The van der Waals surface area contributed by atoms with Crippen molar-refractivity contribution < 1.29 is 0 Å². The summed E-state index contributed by atoms with van der Waals surface area (Å²) >= 11 is 0. The van der Waals surface area contributed by atoms with Gasteiger partial charge >= 0.3 is 0 Å². The molecule has 0 radical (unpaired) electrons. The van der Waals surface area contributed by atoms with Crippen molar-refractivity contribution in [3.05, 3.63) is 102 Å². The summed E-state index contributed by atoms with van der Waals surface area (Å²) in [6.45, 7) is 12.9. The van der Waals surface area contributed by atoms with E-state index in [1.807, 2.05) is 0 Å². The molecule has 3 aromatic rings. The van der Waals surface area contributed by atoms with E-state index in [4.69, 9.17) is 0 Å². The lowest BCUT2D eigenvalue weighted by molar-refractivity contribution is 1.55. The average Bonchev–Trinajstić information content (AvgIpc) is 2.84. The van der Waals surface area contributed by atoms with Crippen LogP contribution in [-0.4, -0.2) is 6.71 Å². The van der Waals surface area contributed by atoms with E-state index in [1.54, 1.807) is 0 Å². The number of rotatable bonds is 3. The molecular formula is C26H23B. The van der Waals surface area contributed by atoms with Crippen molar-refractivity contribution in [2.45, 2.75) is 13.8 Å². The van der Waals surface area contributed by atoms with Crippen LogP contribution in [0.1, 0.15) is 36.1 Å². The molecule has 27 heavy (non-hydrogen) atoms. The van der Waals surface area contributed by atoms with Gasteiger partial charge in [0, 0.05) is 0 Å². The average molecular weight is 346 g/mol. The van der Waals surface area contributed by atoms with Crippen LogP contribution in [0.2, 0.25) is 0 Å². The predicted molar refractivity (Wildman–Crippen MR) is 122 cm³/mol. The first kappa shape index (κ1) is 17.4. The standard InChI is InChI=1S/C26H23B/c1-18(2)22-12-9-13-23(19(3)4)26(22)27-24-14-7-5-10-20(24)16-17-21-11-6-8-15-25(21)27/h5-17H,1,3H2,2,4H3. The molecule has 0 aromatic heterocycles. The Morgan fingerprint density at radius 2 is 1.07 bits per heavy atom. The van der Waals surface area contributed by atoms with Gasteiger partial charge in [-0.15, -0.1) is 0 Å². The zero-order chi connectivity index (χ0) is 19.0. The van der Waals surface area contributed by atoms with Gasteiger partial charge in [0.05, 0.1) is 0 Å². The maximum Gasteiger partial charge on any atom is 0.244 e. The van der Waals surface area contributed by atoms with Gasteiger partial charge in [-0.05, 0) is 36.1 Å². The molecule has 0 atom stereocenters. The minimum absolute atomic E-state index is 0.145. The molecule has 0 saturated heterocycles. The van der Waals surface area contributed by atoms with Gasteiger partial charge in [0.25, 0.3) is 0 Å². The van der Waals surface area contributed by atoms with Gasteiger partial charge in [0.1, 0.15) is 0 Å². The first-order valence-corrected chi connectivity index (χ1v) is 9.38. The fourth-order valence-corrected chi connectivity index (χ4v) is 4.13. The fraction of sp³-hybridized carbons (Fsp3) is 0.0769. The Kier molecular flexibility index (Phi) is 4.45. The summed E-state index contributed by atoms with van der Waals surface area (Å²) < 4.78 is 0. The van der Waals surface area contributed by atoms with Crippen LogP contribution in [0.25, 0.3) is 23.3 Å². The van der Waals surface area contributed by atoms with Crippen LogP contribution in [0.5, 0.6) is 0 Å². The highest BCUT2D eigenvalue weighted by molar-refractivity contribution is 6.97. The molecular weight excluding hydrogens is 323 g/mol. The SMILES string of the molecule is C=C(C)c1cccc(C(=C)C)c1B1c2ccccc2C=Cc2ccccc21. The molecule has 0 aliphatic carbocycles. The summed E-state index contributed by atoms with van der Waals surface area (Å²) in [6.07, 6.45) is 4.47. The highest BCUT2D eigenvalue weighted by atomic mass is 14.1. The van der Waals surface area contributed by atoms with Crippen LogP contribution in [0, 0.1) is 0 Å². The summed E-state index contributed by atoms with van der Waals surface area (Å²) in [6, 6.07) is 23.9. The largest absolute Gasteiger partial charge is 0.244 e. The zero-order valence-electron chi connectivity index (χ0n) is 16.0. The van der Waals surface area contributed by atoms with E-state index < -0.39 is 0 Å². The molecule has 0 nitrogen and oxygen atoms in total. The summed E-state index contributed by atoms with van der Waals surface area (Å²) in [5.74, 6) is 0. The Labute approximate surface area is 162 Å². The molecule has 3 aromatic carbocycles. The smallest absolute Gasteiger partial charge is 0.0955 e. The van der Waals surface area contributed by atoms with Crippen LogP contribution in [0.15, 0.2) is 79.9 Å². The van der Waals surface area contributed by atoms with Gasteiger partial charge in [-0.1, -0.05) is 120 Å². The molecule has 4 rings (SSSR count). The molecule has 0 bridgehead atoms. The van der Waals surface area contributed by atoms with E-state index in [0.717, 1.165) is 11.1 Å². The van der Waals surface area contributed by atoms with Crippen LogP contribution in [-0.2, 0) is 0 Å². The first-order chi connectivity index (χ1) is 13.1. The Morgan fingerprint density at radius 1 is 0.630 bits per heavy atom. The van der Waals surface area contributed by atoms with Crippen molar-refractivity contribution in [2.24, 2.45) is 0 Å². The number of fused-ring (bicyclic) bond motifs is 2. The Balaban J connectivity index is 2.13. The van der Waals surface area contributed by atoms with E-state index in [9.17, 15) is 0 Å². The van der Waals surface area contributed by atoms with Gasteiger partial charge in [0.15, 0.2) is 0 Å². The van der Waals surface area contributed by atoms with E-state index in [-0.39, 0.29) is 6.71 Å². The van der Waals surface area contributed by atoms with E-state index in [1.165, 1.54) is 38.6 Å². The van der Waals surface area contributed by atoms with Crippen LogP contribution >= 0.6 is 0 Å². The molecule has 0 saturated carbocycles. The van der Waals surface area contributed by atoms with Gasteiger partial charge in [0.2, 0.25) is 6.71 Å². The monoisotopic (exact) mass is 346 g/mol. The number of hydrogen-bond donors (Lipinski definition) is 0. The van der Waals surface area contributed by atoms with E-state index in [0.29, 0.717) is 0 Å². The first-order valence-electron chi connectivity index (χ1n) is 9.38. The number of hydrogen-bond acceptors (Lipinski definition) is 0. The third kappa shape index (κ3) is 3.00. The highest BCUT2D eigenvalue weighted by Gasteiger charge is 2.31. The molecule has 0 unspecified atom stereocenters. The van der Waals surface area contributed by atoms with E-state index in [2.05, 4.69) is 106 Å². The van der Waals surface area contributed by atoms with Crippen molar-refractivity contribution >= 4 is 46.4 Å². The molecule has 0 amide bonds. The van der Waals surface area contributed by atoms with Gasteiger partial charge in [-0.2, -0.15) is 0 Å². The van der Waals surface area contributed by atoms with Crippen molar-refractivity contribution in [3.8, 4) is 0 Å². The molecule has 1 aliphatic heterocycles.